The number of rotatable bonds is 5. The molecular weight excluding hydrogens is 348 g/mol. The fraction of sp³-hybridized carbons (Fsp3) is 0.200. The normalized spacial score (nSPS) is 11.7. The third-order valence-corrected chi connectivity index (χ3v) is 4.83. The number of thioether (sulfide) groups is 1. The van der Waals surface area contributed by atoms with Crippen molar-refractivity contribution in [2.75, 3.05) is 7.11 Å². The molecule has 1 heterocycles. The quantitative estimate of drug-likeness (QED) is 0.414. The first-order valence-corrected chi connectivity index (χ1v) is 9.24. The van der Waals surface area contributed by atoms with Gasteiger partial charge in [0.15, 0.2) is 5.17 Å². The summed E-state index contributed by atoms with van der Waals surface area (Å²) in [4.78, 5) is 16.2. The predicted octanol–water partition coefficient (Wildman–Crippen LogP) is 4.24. The number of aliphatic imine (C=N–C) groups is 1. The third-order valence-electron chi connectivity index (χ3n) is 3.99. The summed E-state index contributed by atoms with van der Waals surface area (Å²) in [6, 6.07) is 14.8. The van der Waals surface area contributed by atoms with Crippen LogP contribution in [0.15, 0.2) is 62.7 Å². The van der Waals surface area contributed by atoms with E-state index in [4.69, 9.17) is 14.9 Å². The van der Waals surface area contributed by atoms with E-state index in [0.717, 1.165) is 34.4 Å². The van der Waals surface area contributed by atoms with E-state index in [9.17, 15) is 4.79 Å². The fourth-order valence-electron chi connectivity index (χ4n) is 2.58. The van der Waals surface area contributed by atoms with Crippen LogP contribution in [-0.2, 0) is 12.2 Å². The van der Waals surface area contributed by atoms with Gasteiger partial charge in [-0.2, -0.15) is 0 Å². The lowest BCUT2D eigenvalue weighted by Gasteiger charge is -2.07. The first kappa shape index (κ1) is 18.1. The zero-order chi connectivity index (χ0) is 18.5. The molecule has 0 bridgehead atoms. The lowest BCUT2D eigenvalue weighted by Crippen LogP contribution is -2.07. The molecule has 26 heavy (non-hydrogen) atoms. The van der Waals surface area contributed by atoms with Crippen LogP contribution in [0.1, 0.15) is 18.1 Å². The molecule has 0 radical (unpaired) electrons. The number of nitrogens with two attached hydrogens (primary N) is 1. The highest BCUT2D eigenvalue weighted by Crippen LogP contribution is 2.24. The van der Waals surface area contributed by atoms with Crippen LogP contribution in [0.2, 0.25) is 0 Å². The Labute approximate surface area is 155 Å². The van der Waals surface area contributed by atoms with Crippen molar-refractivity contribution in [3.05, 3.63) is 70.1 Å². The molecule has 3 aromatic rings. The summed E-state index contributed by atoms with van der Waals surface area (Å²) in [6.07, 6.45) is 0.889. The summed E-state index contributed by atoms with van der Waals surface area (Å²) in [5.41, 5.74) is 9.05. The Morgan fingerprint density at radius 3 is 2.65 bits per heavy atom. The van der Waals surface area contributed by atoms with Gasteiger partial charge in [-0.3, -0.25) is 0 Å². The van der Waals surface area contributed by atoms with Gasteiger partial charge in [0.05, 0.1) is 12.8 Å². The lowest BCUT2D eigenvalue weighted by atomic mass is 10.1. The number of hydrogen-bond donors (Lipinski definition) is 1. The van der Waals surface area contributed by atoms with Crippen LogP contribution < -0.4 is 16.1 Å². The second-order valence-electron chi connectivity index (χ2n) is 5.71. The van der Waals surface area contributed by atoms with Crippen molar-refractivity contribution >= 4 is 33.6 Å². The van der Waals surface area contributed by atoms with Gasteiger partial charge < -0.3 is 14.9 Å². The van der Waals surface area contributed by atoms with Crippen LogP contribution in [-0.4, -0.2) is 12.3 Å². The SMILES string of the molecule is CCc1ccc2c(CSC(N)=Nc3ccc(OC)cc3)cc(=O)oc2c1. The van der Waals surface area contributed by atoms with Crippen LogP contribution in [0, 0.1) is 0 Å². The maximum absolute atomic E-state index is 11.9. The molecule has 134 valence electrons. The Morgan fingerprint density at radius 2 is 1.96 bits per heavy atom. The molecule has 0 amide bonds. The number of ether oxygens (including phenoxy) is 1. The zero-order valence-electron chi connectivity index (χ0n) is 14.7. The van der Waals surface area contributed by atoms with Crippen molar-refractivity contribution in [2.24, 2.45) is 10.7 Å². The number of nitrogens with zero attached hydrogens (tertiary/aromatic N) is 1. The van der Waals surface area contributed by atoms with Crippen LogP contribution in [0.3, 0.4) is 0 Å². The second-order valence-corrected chi connectivity index (χ2v) is 6.71. The third kappa shape index (κ3) is 4.26. The summed E-state index contributed by atoms with van der Waals surface area (Å²) in [5.74, 6) is 1.31. The van der Waals surface area contributed by atoms with Gasteiger partial charge in [0.25, 0.3) is 0 Å². The Bertz CT molecular complexity index is 994. The van der Waals surface area contributed by atoms with Crippen molar-refractivity contribution < 1.29 is 9.15 Å². The van der Waals surface area contributed by atoms with E-state index in [0.29, 0.717) is 16.5 Å². The van der Waals surface area contributed by atoms with Gasteiger partial charge >= 0.3 is 5.63 Å². The molecule has 0 aliphatic carbocycles. The number of aryl methyl sites for hydroxylation is 1. The summed E-state index contributed by atoms with van der Waals surface area (Å²) < 4.78 is 10.5. The minimum Gasteiger partial charge on any atom is -0.497 e. The maximum atomic E-state index is 11.9. The number of methoxy groups -OCH3 is 1. The van der Waals surface area contributed by atoms with Crippen LogP contribution in [0.25, 0.3) is 11.0 Å². The maximum Gasteiger partial charge on any atom is 0.336 e. The topological polar surface area (TPSA) is 77.8 Å². The number of hydrogen-bond acceptors (Lipinski definition) is 5. The van der Waals surface area contributed by atoms with Crippen molar-refractivity contribution in [1.82, 2.24) is 0 Å². The molecule has 0 aliphatic rings. The molecule has 0 spiro atoms. The molecule has 0 fully saturated rings. The highest BCUT2D eigenvalue weighted by molar-refractivity contribution is 8.13. The largest absolute Gasteiger partial charge is 0.497 e. The van der Waals surface area contributed by atoms with Crippen molar-refractivity contribution in [3.63, 3.8) is 0 Å². The average molecular weight is 368 g/mol. The van der Waals surface area contributed by atoms with Gasteiger partial charge in [-0.15, -0.1) is 0 Å². The van der Waals surface area contributed by atoms with E-state index in [1.807, 2.05) is 42.5 Å². The standard InChI is InChI=1S/C20H20N2O3S/c1-3-13-4-9-17-14(11-19(23)25-18(17)10-13)12-26-20(21)22-15-5-7-16(24-2)8-6-15/h4-11H,3,12H2,1-2H3,(H2,21,22). The minimum atomic E-state index is -0.355. The summed E-state index contributed by atoms with van der Waals surface area (Å²) in [7, 11) is 1.62. The van der Waals surface area contributed by atoms with Crippen molar-refractivity contribution in [1.29, 1.82) is 0 Å². The van der Waals surface area contributed by atoms with E-state index in [2.05, 4.69) is 11.9 Å². The zero-order valence-corrected chi connectivity index (χ0v) is 15.5. The molecule has 3 rings (SSSR count). The Morgan fingerprint density at radius 1 is 1.19 bits per heavy atom. The summed E-state index contributed by atoms with van der Waals surface area (Å²) >= 11 is 1.38. The van der Waals surface area contributed by atoms with Crippen LogP contribution >= 0.6 is 11.8 Å². The first-order valence-electron chi connectivity index (χ1n) is 8.25. The molecule has 0 saturated heterocycles. The lowest BCUT2D eigenvalue weighted by molar-refractivity contribution is 0.415. The molecule has 5 nitrogen and oxygen atoms in total. The van der Waals surface area contributed by atoms with Gasteiger partial charge in [-0.05, 0) is 47.9 Å². The highest BCUT2D eigenvalue weighted by atomic mass is 32.2. The summed E-state index contributed by atoms with van der Waals surface area (Å²) in [5, 5.41) is 1.35. The molecule has 2 N–H and O–H groups in total. The minimum absolute atomic E-state index is 0.355. The second kappa shape index (κ2) is 8.10. The Hall–Kier alpha value is -2.73. The number of benzene rings is 2. The first-order chi connectivity index (χ1) is 12.6. The van der Waals surface area contributed by atoms with Gasteiger partial charge in [0.2, 0.25) is 0 Å². The van der Waals surface area contributed by atoms with E-state index in [-0.39, 0.29) is 5.63 Å². The van der Waals surface area contributed by atoms with E-state index < -0.39 is 0 Å². The molecular formula is C20H20N2O3S. The van der Waals surface area contributed by atoms with Crippen LogP contribution in [0.5, 0.6) is 5.75 Å². The van der Waals surface area contributed by atoms with E-state index >= 15 is 0 Å². The van der Waals surface area contributed by atoms with Gasteiger partial charge in [-0.1, -0.05) is 30.8 Å². The molecule has 6 heteroatoms. The van der Waals surface area contributed by atoms with Gasteiger partial charge in [0.1, 0.15) is 11.3 Å². The molecule has 0 aliphatic heterocycles. The number of amidine groups is 1. The Kier molecular flexibility index (Phi) is 5.63. The predicted molar refractivity (Wildman–Crippen MR) is 107 cm³/mol. The molecule has 0 saturated carbocycles. The smallest absolute Gasteiger partial charge is 0.336 e. The van der Waals surface area contributed by atoms with Gasteiger partial charge in [0, 0.05) is 17.2 Å². The van der Waals surface area contributed by atoms with Gasteiger partial charge in [-0.25, -0.2) is 9.79 Å². The molecule has 0 unspecified atom stereocenters. The van der Waals surface area contributed by atoms with Crippen molar-refractivity contribution in [3.8, 4) is 5.75 Å². The Balaban J connectivity index is 1.80. The molecule has 0 atom stereocenters. The van der Waals surface area contributed by atoms with Crippen molar-refractivity contribution in [2.45, 2.75) is 19.1 Å². The van der Waals surface area contributed by atoms with Crippen LogP contribution in [0.4, 0.5) is 5.69 Å². The molecule has 1 aromatic heterocycles. The average Bonchev–Trinajstić information content (AvgIpc) is 2.66. The van der Waals surface area contributed by atoms with E-state index in [1.165, 1.54) is 17.8 Å². The molecule has 2 aromatic carbocycles. The monoisotopic (exact) mass is 368 g/mol. The highest BCUT2D eigenvalue weighted by Gasteiger charge is 2.08. The van der Waals surface area contributed by atoms with E-state index in [1.54, 1.807) is 7.11 Å². The summed E-state index contributed by atoms with van der Waals surface area (Å²) in [6.45, 7) is 2.06. The fourth-order valence-corrected chi connectivity index (χ4v) is 3.29. The number of fused-ring (bicyclic) bond motifs is 1.